The molecule has 0 spiro atoms. The number of hydrogen-bond donors (Lipinski definition) is 0. The van der Waals surface area contributed by atoms with Gasteiger partial charge in [0, 0.05) is 0 Å². The van der Waals surface area contributed by atoms with Crippen LogP contribution in [0.1, 0.15) is 99.9 Å². The fourth-order valence-corrected chi connectivity index (χ4v) is 10.6. The quantitative estimate of drug-likeness (QED) is 0.115. The molecular formula is C60H66O4. The summed E-state index contributed by atoms with van der Waals surface area (Å²) in [4.78, 5) is 0. The fraction of sp³-hybridized carbons (Fsp3) is 0.333. The Bertz CT molecular complexity index is 2590. The van der Waals surface area contributed by atoms with E-state index in [9.17, 15) is 0 Å². The van der Waals surface area contributed by atoms with Crippen molar-refractivity contribution in [3.05, 3.63) is 129 Å². The monoisotopic (exact) mass is 850 g/mol. The van der Waals surface area contributed by atoms with E-state index in [1.165, 1.54) is 121 Å². The molecule has 64 heavy (non-hydrogen) atoms. The van der Waals surface area contributed by atoms with E-state index in [0.717, 1.165) is 23.0 Å². The Morgan fingerprint density at radius 3 is 0.594 bits per heavy atom. The highest BCUT2D eigenvalue weighted by Crippen LogP contribution is 2.52. The Morgan fingerprint density at radius 2 is 0.438 bits per heavy atom. The molecule has 0 aromatic heterocycles. The SMILES string of the molecule is Cc1cc(OC(C)C)cc(C)c1-c1cc(-c2c(C)cc(OC(C)C)cc2C)c2ccc3c(-c4c(C)cc(OC(C)C)cc4C)cc(-c4c(C)cc(OC(C)C)cc4C)c4ccc1c2c43. The fourth-order valence-electron chi connectivity index (χ4n) is 10.6. The average Bonchev–Trinajstić information content (AvgIpc) is 3.16. The minimum absolute atomic E-state index is 0.0835. The summed E-state index contributed by atoms with van der Waals surface area (Å²) >= 11 is 0. The highest BCUT2D eigenvalue weighted by molar-refractivity contribution is 6.32. The lowest BCUT2D eigenvalue weighted by atomic mass is 9.79. The third kappa shape index (κ3) is 8.17. The molecule has 0 fully saturated rings. The van der Waals surface area contributed by atoms with E-state index >= 15 is 0 Å². The van der Waals surface area contributed by atoms with Gasteiger partial charge in [0.2, 0.25) is 0 Å². The maximum absolute atomic E-state index is 6.28. The normalized spacial score (nSPS) is 12.0. The first kappa shape index (κ1) is 44.6. The maximum atomic E-state index is 6.28. The molecule has 0 atom stereocenters. The van der Waals surface area contributed by atoms with E-state index in [0.29, 0.717) is 0 Å². The van der Waals surface area contributed by atoms with Crippen LogP contribution in [0.4, 0.5) is 0 Å². The van der Waals surface area contributed by atoms with E-state index in [-0.39, 0.29) is 24.4 Å². The summed E-state index contributed by atoms with van der Waals surface area (Å²) < 4.78 is 25.1. The van der Waals surface area contributed by atoms with Gasteiger partial charge in [-0.2, -0.15) is 0 Å². The molecule has 4 nitrogen and oxygen atoms in total. The van der Waals surface area contributed by atoms with E-state index in [2.05, 4.69) is 196 Å². The van der Waals surface area contributed by atoms with Gasteiger partial charge in [-0.15, -0.1) is 0 Å². The average molecular weight is 851 g/mol. The zero-order valence-corrected chi connectivity index (χ0v) is 41.0. The lowest BCUT2D eigenvalue weighted by Gasteiger charge is -2.25. The molecule has 0 aliphatic carbocycles. The zero-order valence-electron chi connectivity index (χ0n) is 41.0. The summed E-state index contributed by atoms with van der Waals surface area (Å²) in [6, 6.07) is 32.1. The van der Waals surface area contributed by atoms with Crippen molar-refractivity contribution in [2.45, 2.75) is 135 Å². The third-order valence-corrected chi connectivity index (χ3v) is 12.5. The third-order valence-electron chi connectivity index (χ3n) is 12.5. The molecule has 0 radical (unpaired) electrons. The van der Waals surface area contributed by atoms with Gasteiger partial charge in [0.1, 0.15) is 23.0 Å². The highest BCUT2D eigenvalue weighted by Gasteiger charge is 2.26. The smallest absolute Gasteiger partial charge is 0.120 e. The van der Waals surface area contributed by atoms with Crippen molar-refractivity contribution in [3.63, 3.8) is 0 Å². The molecule has 0 aliphatic heterocycles. The van der Waals surface area contributed by atoms with Crippen molar-refractivity contribution >= 4 is 32.3 Å². The van der Waals surface area contributed by atoms with Gasteiger partial charge in [0.25, 0.3) is 0 Å². The first-order valence-corrected chi connectivity index (χ1v) is 23.2. The second kappa shape index (κ2) is 17.2. The van der Waals surface area contributed by atoms with Crippen LogP contribution in [0.25, 0.3) is 76.8 Å². The van der Waals surface area contributed by atoms with Crippen molar-refractivity contribution < 1.29 is 18.9 Å². The van der Waals surface area contributed by atoms with Gasteiger partial charge >= 0.3 is 0 Å². The van der Waals surface area contributed by atoms with Crippen molar-refractivity contribution in [1.29, 1.82) is 0 Å². The molecular weight excluding hydrogens is 785 g/mol. The number of hydrogen-bond acceptors (Lipinski definition) is 4. The Labute approximate surface area is 381 Å². The molecule has 0 heterocycles. The van der Waals surface area contributed by atoms with Gasteiger partial charge in [-0.05, 0) is 293 Å². The molecule has 0 saturated heterocycles. The number of aryl methyl sites for hydroxylation is 8. The van der Waals surface area contributed by atoms with Gasteiger partial charge in [0.05, 0.1) is 24.4 Å². The molecule has 0 N–H and O–H groups in total. The second-order valence-electron chi connectivity index (χ2n) is 19.4. The molecule has 8 aromatic rings. The summed E-state index contributed by atoms with van der Waals surface area (Å²) in [5, 5.41) is 7.50. The Morgan fingerprint density at radius 1 is 0.266 bits per heavy atom. The summed E-state index contributed by atoms with van der Waals surface area (Å²) in [6.07, 6.45) is 0.334. The van der Waals surface area contributed by atoms with Gasteiger partial charge in [-0.25, -0.2) is 0 Å². The number of ether oxygens (including phenoxy) is 4. The van der Waals surface area contributed by atoms with Crippen LogP contribution in [-0.4, -0.2) is 24.4 Å². The lowest BCUT2D eigenvalue weighted by Crippen LogP contribution is -2.07. The Balaban J connectivity index is 1.56. The highest BCUT2D eigenvalue weighted by atomic mass is 16.5. The predicted molar refractivity (Wildman–Crippen MR) is 273 cm³/mol. The molecule has 0 bridgehead atoms. The molecule has 330 valence electrons. The van der Waals surface area contributed by atoms with Gasteiger partial charge < -0.3 is 18.9 Å². The molecule has 8 rings (SSSR count). The predicted octanol–water partition coefficient (Wildman–Crippen LogP) is 16.9. The minimum Gasteiger partial charge on any atom is -0.491 e. The Kier molecular flexibility index (Phi) is 12.0. The van der Waals surface area contributed by atoms with Crippen molar-refractivity contribution in [1.82, 2.24) is 0 Å². The molecule has 0 amide bonds. The van der Waals surface area contributed by atoms with Crippen molar-refractivity contribution in [2.75, 3.05) is 0 Å². The van der Waals surface area contributed by atoms with Gasteiger partial charge in [-0.1, -0.05) is 24.3 Å². The molecule has 8 aromatic carbocycles. The first-order valence-electron chi connectivity index (χ1n) is 23.2. The van der Waals surface area contributed by atoms with Crippen LogP contribution in [0.5, 0.6) is 23.0 Å². The zero-order chi connectivity index (χ0) is 46.0. The first-order chi connectivity index (χ1) is 30.3. The van der Waals surface area contributed by atoms with Crippen LogP contribution in [0.2, 0.25) is 0 Å². The van der Waals surface area contributed by atoms with Gasteiger partial charge in [0.15, 0.2) is 0 Å². The van der Waals surface area contributed by atoms with Crippen molar-refractivity contribution in [3.8, 4) is 67.5 Å². The summed E-state index contributed by atoms with van der Waals surface area (Å²) in [5.74, 6) is 3.61. The summed E-state index contributed by atoms with van der Waals surface area (Å²) in [6.45, 7) is 34.5. The minimum atomic E-state index is 0.0835. The van der Waals surface area contributed by atoms with Crippen LogP contribution in [0, 0.1) is 55.4 Å². The van der Waals surface area contributed by atoms with Crippen LogP contribution >= 0.6 is 0 Å². The van der Waals surface area contributed by atoms with Gasteiger partial charge in [-0.3, -0.25) is 0 Å². The second-order valence-corrected chi connectivity index (χ2v) is 19.4. The number of benzene rings is 8. The molecule has 0 unspecified atom stereocenters. The molecule has 4 heteroatoms. The van der Waals surface area contributed by atoms with Crippen LogP contribution in [0.15, 0.2) is 84.9 Å². The standard InChI is InChI=1S/C60H66O4/c1-31(2)61-43-21-35(9)55(36(10)22-43)51-29-52(56-37(11)23-44(24-38(56)12)62-32(3)4)48-19-20-50-54(58-41(15)27-46(28-42(58)16)64-34(7)8)30-53(49-18-17-47(51)59(48)60(49)50)57-39(13)25-45(26-40(57)14)63-33(5)6/h17-34H,1-16H3. The van der Waals surface area contributed by atoms with Crippen LogP contribution in [0.3, 0.4) is 0 Å². The Hall–Kier alpha value is -6.00. The van der Waals surface area contributed by atoms with E-state index < -0.39 is 0 Å². The van der Waals surface area contributed by atoms with E-state index in [1.807, 2.05) is 0 Å². The topological polar surface area (TPSA) is 36.9 Å². The molecule has 0 aliphatic rings. The van der Waals surface area contributed by atoms with Crippen LogP contribution in [-0.2, 0) is 0 Å². The largest absolute Gasteiger partial charge is 0.491 e. The lowest BCUT2D eigenvalue weighted by molar-refractivity contribution is 0.242. The summed E-state index contributed by atoms with van der Waals surface area (Å²) in [5.41, 5.74) is 19.4. The number of rotatable bonds is 12. The maximum Gasteiger partial charge on any atom is 0.120 e. The van der Waals surface area contributed by atoms with E-state index in [4.69, 9.17) is 18.9 Å². The van der Waals surface area contributed by atoms with Crippen molar-refractivity contribution in [2.24, 2.45) is 0 Å². The van der Waals surface area contributed by atoms with E-state index in [1.54, 1.807) is 0 Å². The molecule has 0 saturated carbocycles. The van der Waals surface area contributed by atoms with Crippen LogP contribution < -0.4 is 18.9 Å². The summed E-state index contributed by atoms with van der Waals surface area (Å²) in [7, 11) is 0.